The van der Waals surface area contributed by atoms with E-state index in [0.717, 1.165) is 17.5 Å². The summed E-state index contributed by atoms with van der Waals surface area (Å²) in [7, 11) is 0. The lowest BCUT2D eigenvalue weighted by Crippen LogP contribution is -2.39. The number of carbonyl (C=O) groups is 1. The van der Waals surface area contributed by atoms with Crippen LogP contribution in [0.2, 0.25) is 0 Å². The van der Waals surface area contributed by atoms with E-state index in [9.17, 15) is 9.18 Å². The van der Waals surface area contributed by atoms with Crippen molar-refractivity contribution in [2.75, 3.05) is 6.54 Å². The van der Waals surface area contributed by atoms with E-state index in [1.165, 1.54) is 12.1 Å². The molecule has 5 nitrogen and oxygen atoms in total. The van der Waals surface area contributed by atoms with Crippen molar-refractivity contribution in [1.82, 2.24) is 15.0 Å². The lowest BCUT2D eigenvalue weighted by atomic mass is 10.1. The van der Waals surface area contributed by atoms with Crippen molar-refractivity contribution < 1.29 is 13.7 Å². The summed E-state index contributed by atoms with van der Waals surface area (Å²) in [6, 6.07) is 13.7. The summed E-state index contributed by atoms with van der Waals surface area (Å²) in [6.45, 7) is 6.42. The monoisotopic (exact) mass is 381 g/mol. The number of aryl methyl sites for hydroxylation is 1. The average Bonchev–Trinajstić information content (AvgIpc) is 3.17. The normalized spacial score (nSPS) is 12.0. The first-order chi connectivity index (χ1) is 13.5. The van der Waals surface area contributed by atoms with Crippen LogP contribution < -0.4 is 0 Å². The first kappa shape index (κ1) is 19.7. The van der Waals surface area contributed by atoms with Crippen molar-refractivity contribution in [3.05, 3.63) is 71.4 Å². The number of nitrogens with zero attached hydrogens (tertiary/aromatic N) is 3. The van der Waals surface area contributed by atoms with Crippen LogP contribution >= 0.6 is 0 Å². The first-order valence-electron chi connectivity index (χ1n) is 9.44. The fraction of sp³-hybridized carbons (Fsp3) is 0.318. The highest BCUT2D eigenvalue weighted by Crippen LogP contribution is 2.18. The molecular weight excluding hydrogens is 357 g/mol. The Kier molecular flexibility index (Phi) is 6.19. The molecule has 1 heterocycles. The Morgan fingerprint density at radius 2 is 1.96 bits per heavy atom. The number of halogens is 1. The van der Waals surface area contributed by atoms with E-state index >= 15 is 0 Å². The number of amides is 1. The van der Waals surface area contributed by atoms with Crippen LogP contribution in [0.25, 0.3) is 11.4 Å². The summed E-state index contributed by atoms with van der Waals surface area (Å²) in [5.41, 5.74) is 2.38. The second-order valence-corrected chi connectivity index (χ2v) is 6.89. The van der Waals surface area contributed by atoms with E-state index in [1.54, 1.807) is 17.0 Å². The van der Waals surface area contributed by atoms with E-state index in [4.69, 9.17) is 4.52 Å². The summed E-state index contributed by atoms with van der Waals surface area (Å²) >= 11 is 0. The second-order valence-electron chi connectivity index (χ2n) is 6.89. The van der Waals surface area contributed by atoms with Crippen molar-refractivity contribution in [2.45, 2.75) is 39.7 Å². The maximum absolute atomic E-state index is 13.5. The Morgan fingerprint density at radius 3 is 2.64 bits per heavy atom. The minimum Gasteiger partial charge on any atom is -0.339 e. The van der Waals surface area contributed by atoms with Crippen molar-refractivity contribution >= 4 is 5.91 Å². The highest BCUT2D eigenvalue weighted by atomic mass is 19.1. The molecule has 0 aliphatic heterocycles. The van der Waals surface area contributed by atoms with Crippen LogP contribution in [0.1, 0.15) is 42.1 Å². The Labute approximate surface area is 164 Å². The third kappa shape index (κ3) is 4.63. The lowest BCUT2D eigenvalue weighted by Gasteiger charge is -2.28. The Bertz CT molecular complexity index is 937. The quantitative estimate of drug-likeness (QED) is 0.597. The van der Waals surface area contributed by atoms with Crippen molar-refractivity contribution in [3.63, 3.8) is 0 Å². The van der Waals surface area contributed by atoms with Crippen LogP contribution in [0.5, 0.6) is 0 Å². The van der Waals surface area contributed by atoms with Crippen LogP contribution in [-0.4, -0.2) is 33.5 Å². The molecule has 6 heteroatoms. The molecule has 0 aliphatic carbocycles. The zero-order valence-corrected chi connectivity index (χ0v) is 16.4. The standard InChI is InChI=1S/C22H24FN3O2/c1-4-16(3)26(22(27)18-6-5-7-19(23)14-18)13-12-20-24-21(25-28-20)17-10-8-15(2)9-11-17/h5-11,14,16H,4,12-13H2,1-3H3. The van der Waals surface area contributed by atoms with Gasteiger partial charge in [-0.05, 0) is 38.5 Å². The number of hydrogen-bond acceptors (Lipinski definition) is 4. The van der Waals surface area contributed by atoms with Crippen LogP contribution in [0.15, 0.2) is 53.1 Å². The maximum atomic E-state index is 13.5. The number of hydrogen-bond donors (Lipinski definition) is 0. The number of rotatable bonds is 7. The number of benzene rings is 2. The Morgan fingerprint density at radius 1 is 1.21 bits per heavy atom. The number of carbonyl (C=O) groups excluding carboxylic acids is 1. The largest absolute Gasteiger partial charge is 0.339 e. The summed E-state index contributed by atoms with van der Waals surface area (Å²) in [4.78, 5) is 19.0. The zero-order valence-electron chi connectivity index (χ0n) is 16.4. The number of aromatic nitrogens is 2. The van der Waals surface area contributed by atoms with Crippen molar-refractivity contribution in [3.8, 4) is 11.4 Å². The van der Waals surface area contributed by atoms with Crippen LogP contribution in [-0.2, 0) is 6.42 Å². The molecule has 0 saturated heterocycles. The predicted octanol–water partition coefficient (Wildman–Crippen LogP) is 4.67. The Balaban J connectivity index is 1.72. The van der Waals surface area contributed by atoms with E-state index < -0.39 is 5.82 Å². The van der Waals surface area contributed by atoms with E-state index in [1.807, 2.05) is 45.0 Å². The van der Waals surface area contributed by atoms with E-state index in [2.05, 4.69) is 10.1 Å². The third-order valence-corrected chi connectivity index (χ3v) is 4.80. The SMILES string of the molecule is CCC(C)N(CCc1nc(-c2ccc(C)cc2)no1)C(=O)c1cccc(F)c1. The maximum Gasteiger partial charge on any atom is 0.254 e. The van der Waals surface area contributed by atoms with Gasteiger partial charge < -0.3 is 9.42 Å². The van der Waals surface area contributed by atoms with Gasteiger partial charge in [0.1, 0.15) is 5.82 Å². The van der Waals surface area contributed by atoms with Gasteiger partial charge in [-0.1, -0.05) is 48.0 Å². The van der Waals surface area contributed by atoms with Gasteiger partial charge in [-0.15, -0.1) is 0 Å². The van der Waals surface area contributed by atoms with Crippen molar-refractivity contribution in [1.29, 1.82) is 0 Å². The summed E-state index contributed by atoms with van der Waals surface area (Å²) in [5.74, 6) is 0.374. The summed E-state index contributed by atoms with van der Waals surface area (Å²) < 4.78 is 18.9. The fourth-order valence-corrected chi connectivity index (χ4v) is 2.92. The van der Waals surface area contributed by atoms with Gasteiger partial charge in [0.05, 0.1) is 0 Å². The Hall–Kier alpha value is -3.02. The van der Waals surface area contributed by atoms with Crippen LogP contribution in [0, 0.1) is 12.7 Å². The highest BCUT2D eigenvalue weighted by Gasteiger charge is 2.22. The minimum absolute atomic E-state index is 0.00950. The van der Waals surface area contributed by atoms with E-state index in [-0.39, 0.29) is 11.9 Å². The van der Waals surface area contributed by atoms with Gasteiger partial charge in [0.25, 0.3) is 5.91 Å². The third-order valence-electron chi connectivity index (χ3n) is 4.80. The van der Waals surface area contributed by atoms with Crippen molar-refractivity contribution in [2.24, 2.45) is 0 Å². The topological polar surface area (TPSA) is 59.2 Å². The van der Waals surface area contributed by atoms with Gasteiger partial charge in [-0.2, -0.15) is 4.98 Å². The molecule has 3 aromatic rings. The summed E-state index contributed by atoms with van der Waals surface area (Å²) in [5, 5.41) is 4.03. The molecule has 0 bridgehead atoms. The molecule has 3 rings (SSSR count). The fourth-order valence-electron chi connectivity index (χ4n) is 2.92. The molecule has 0 N–H and O–H groups in total. The van der Waals surface area contributed by atoms with Gasteiger partial charge in [-0.25, -0.2) is 4.39 Å². The molecule has 1 aromatic heterocycles. The van der Waals surface area contributed by atoms with E-state index in [0.29, 0.717) is 30.2 Å². The average molecular weight is 381 g/mol. The molecule has 146 valence electrons. The van der Waals surface area contributed by atoms with Gasteiger partial charge >= 0.3 is 0 Å². The summed E-state index contributed by atoms with van der Waals surface area (Å²) in [6.07, 6.45) is 1.23. The van der Waals surface area contributed by atoms with Gasteiger partial charge in [0.2, 0.25) is 11.7 Å². The molecule has 1 amide bonds. The molecule has 0 spiro atoms. The van der Waals surface area contributed by atoms with Gasteiger partial charge in [0, 0.05) is 30.1 Å². The predicted molar refractivity (Wildman–Crippen MR) is 105 cm³/mol. The van der Waals surface area contributed by atoms with Gasteiger partial charge in [-0.3, -0.25) is 4.79 Å². The zero-order chi connectivity index (χ0) is 20.1. The molecule has 1 unspecified atom stereocenters. The smallest absolute Gasteiger partial charge is 0.254 e. The molecule has 0 radical (unpaired) electrons. The van der Waals surface area contributed by atoms with Crippen LogP contribution in [0.4, 0.5) is 4.39 Å². The minimum atomic E-state index is -0.422. The molecule has 0 saturated carbocycles. The second kappa shape index (κ2) is 8.78. The first-order valence-corrected chi connectivity index (χ1v) is 9.44. The highest BCUT2D eigenvalue weighted by molar-refractivity contribution is 5.94. The molecule has 0 fully saturated rings. The lowest BCUT2D eigenvalue weighted by molar-refractivity contribution is 0.0686. The molecular formula is C22H24FN3O2. The molecule has 1 atom stereocenters. The molecule has 28 heavy (non-hydrogen) atoms. The molecule has 2 aromatic carbocycles. The van der Waals surface area contributed by atoms with Gasteiger partial charge in [0.15, 0.2) is 0 Å². The van der Waals surface area contributed by atoms with Crippen LogP contribution in [0.3, 0.4) is 0 Å². The molecule has 0 aliphatic rings.